The van der Waals surface area contributed by atoms with Crippen LogP contribution in [0, 0.1) is 13.8 Å². The first-order valence-electron chi connectivity index (χ1n) is 9.01. The summed E-state index contributed by atoms with van der Waals surface area (Å²) in [5, 5.41) is 7.57. The van der Waals surface area contributed by atoms with Gasteiger partial charge in [0.15, 0.2) is 5.96 Å². The molecule has 0 saturated carbocycles. The first kappa shape index (κ1) is 22.2. The Morgan fingerprint density at radius 2 is 2.00 bits per heavy atom. The number of ether oxygens (including phenoxy) is 1. The SMILES string of the molecule is CCNC(=NCCc1nc(C)c(C)s1)NCCN(C)C(=O)OC(C)(C)C. The lowest BCUT2D eigenvalue weighted by molar-refractivity contribution is 0.0302. The number of amides is 1. The molecule has 148 valence electrons. The molecule has 0 atom stereocenters. The first-order chi connectivity index (χ1) is 12.1. The molecule has 2 N–H and O–H groups in total. The molecule has 0 spiro atoms. The van der Waals surface area contributed by atoms with E-state index in [0.29, 0.717) is 19.6 Å². The molecule has 0 aliphatic rings. The molecule has 8 heteroatoms. The van der Waals surface area contributed by atoms with Crippen LogP contribution in [0.5, 0.6) is 0 Å². The summed E-state index contributed by atoms with van der Waals surface area (Å²) in [6.45, 7) is 14.3. The van der Waals surface area contributed by atoms with E-state index in [-0.39, 0.29) is 6.09 Å². The van der Waals surface area contributed by atoms with Gasteiger partial charge < -0.3 is 20.3 Å². The Bertz CT molecular complexity index is 588. The van der Waals surface area contributed by atoms with E-state index in [2.05, 4.69) is 27.5 Å². The molecule has 0 aromatic carbocycles. The lowest BCUT2D eigenvalue weighted by Crippen LogP contribution is -2.43. The Hall–Kier alpha value is -1.83. The zero-order chi connectivity index (χ0) is 19.7. The predicted octanol–water partition coefficient (Wildman–Crippen LogP) is 2.72. The monoisotopic (exact) mass is 383 g/mol. The van der Waals surface area contributed by atoms with Crippen molar-refractivity contribution in [2.45, 2.75) is 53.6 Å². The topological polar surface area (TPSA) is 78.9 Å². The molecule has 0 fully saturated rings. The number of guanidine groups is 1. The fourth-order valence-electron chi connectivity index (χ4n) is 2.02. The molecule has 7 nitrogen and oxygen atoms in total. The second-order valence-corrected chi connectivity index (χ2v) is 8.38. The molecule has 0 aliphatic carbocycles. The van der Waals surface area contributed by atoms with Crippen LogP contribution in [0.1, 0.15) is 43.3 Å². The van der Waals surface area contributed by atoms with Gasteiger partial charge in [0.2, 0.25) is 0 Å². The number of thiazole rings is 1. The summed E-state index contributed by atoms with van der Waals surface area (Å²) in [5.41, 5.74) is 0.617. The van der Waals surface area contributed by atoms with Crippen molar-refractivity contribution in [2.75, 3.05) is 33.2 Å². The van der Waals surface area contributed by atoms with Crippen LogP contribution < -0.4 is 10.6 Å². The molecule has 0 bridgehead atoms. The van der Waals surface area contributed by atoms with Crippen LogP contribution in [0.2, 0.25) is 0 Å². The van der Waals surface area contributed by atoms with Gasteiger partial charge in [0.05, 0.1) is 10.7 Å². The second-order valence-electron chi connectivity index (χ2n) is 7.09. The van der Waals surface area contributed by atoms with E-state index in [1.165, 1.54) is 4.88 Å². The van der Waals surface area contributed by atoms with E-state index in [1.807, 2.05) is 34.6 Å². The third-order valence-electron chi connectivity index (χ3n) is 3.46. The summed E-state index contributed by atoms with van der Waals surface area (Å²) in [5.74, 6) is 0.745. The molecule has 1 rings (SSSR count). The molecule has 26 heavy (non-hydrogen) atoms. The number of hydrogen-bond acceptors (Lipinski definition) is 5. The van der Waals surface area contributed by atoms with Crippen LogP contribution in [0.15, 0.2) is 4.99 Å². The number of likely N-dealkylation sites (N-methyl/N-ethyl adjacent to an activating group) is 1. The molecule has 0 unspecified atom stereocenters. The number of aromatic nitrogens is 1. The summed E-state index contributed by atoms with van der Waals surface area (Å²) >= 11 is 1.73. The lowest BCUT2D eigenvalue weighted by Gasteiger charge is -2.24. The van der Waals surface area contributed by atoms with Crippen molar-refractivity contribution in [3.05, 3.63) is 15.6 Å². The van der Waals surface area contributed by atoms with Crippen molar-refractivity contribution in [2.24, 2.45) is 4.99 Å². The van der Waals surface area contributed by atoms with Crippen LogP contribution in [0.3, 0.4) is 0 Å². The van der Waals surface area contributed by atoms with E-state index >= 15 is 0 Å². The number of carbonyl (C=O) groups is 1. The Balaban J connectivity index is 2.43. The third-order valence-corrected chi connectivity index (χ3v) is 4.59. The Kier molecular flexibility index (Phi) is 8.84. The van der Waals surface area contributed by atoms with E-state index in [1.54, 1.807) is 23.3 Å². The molecule has 0 saturated heterocycles. The number of rotatable bonds is 7. The van der Waals surface area contributed by atoms with Gasteiger partial charge in [0.25, 0.3) is 0 Å². The smallest absolute Gasteiger partial charge is 0.410 e. The first-order valence-corrected chi connectivity index (χ1v) is 9.83. The summed E-state index contributed by atoms with van der Waals surface area (Å²) in [7, 11) is 1.73. The number of nitrogens with zero attached hydrogens (tertiary/aromatic N) is 3. The molecule has 1 aromatic rings. The van der Waals surface area contributed by atoms with Crippen molar-refractivity contribution >= 4 is 23.4 Å². The van der Waals surface area contributed by atoms with Gasteiger partial charge in [-0.25, -0.2) is 9.78 Å². The van der Waals surface area contributed by atoms with Gasteiger partial charge in [-0.15, -0.1) is 11.3 Å². The zero-order valence-corrected chi connectivity index (χ0v) is 17.9. The third kappa shape index (κ3) is 8.51. The second kappa shape index (κ2) is 10.4. The molecule has 1 heterocycles. The lowest BCUT2D eigenvalue weighted by atomic mass is 10.2. The van der Waals surface area contributed by atoms with Crippen LogP contribution in [0.25, 0.3) is 0 Å². The van der Waals surface area contributed by atoms with Gasteiger partial charge in [-0.2, -0.15) is 0 Å². The van der Waals surface area contributed by atoms with Crippen LogP contribution in [0.4, 0.5) is 4.79 Å². The fourth-order valence-corrected chi connectivity index (χ4v) is 2.95. The Labute approximate surface area is 161 Å². The Morgan fingerprint density at radius 3 is 2.54 bits per heavy atom. The van der Waals surface area contributed by atoms with E-state index < -0.39 is 5.60 Å². The van der Waals surface area contributed by atoms with Crippen LogP contribution >= 0.6 is 11.3 Å². The summed E-state index contributed by atoms with van der Waals surface area (Å²) in [6.07, 6.45) is 0.504. The van der Waals surface area contributed by atoms with Crippen molar-refractivity contribution in [3.8, 4) is 0 Å². The van der Waals surface area contributed by atoms with Gasteiger partial charge in [-0.3, -0.25) is 4.99 Å². The highest BCUT2D eigenvalue weighted by atomic mass is 32.1. The van der Waals surface area contributed by atoms with Crippen molar-refractivity contribution in [1.82, 2.24) is 20.5 Å². The fraction of sp³-hybridized carbons (Fsp3) is 0.722. The van der Waals surface area contributed by atoms with E-state index in [9.17, 15) is 4.79 Å². The van der Waals surface area contributed by atoms with Crippen molar-refractivity contribution in [3.63, 3.8) is 0 Å². The molecule has 1 amide bonds. The van der Waals surface area contributed by atoms with Crippen LogP contribution in [-0.4, -0.2) is 60.8 Å². The number of nitrogens with one attached hydrogen (secondary N) is 2. The largest absolute Gasteiger partial charge is 0.444 e. The highest BCUT2D eigenvalue weighted by molar-refractivity contribution is 7.11. The maximum Gasteiger partial charge on any atom is 0.410 e. The Morgan fingerprint density at radius 1 is 1.31 bits per heavy atom. The maximum absolute atomic E-state index is 11.9. The molecule has 1 aromatic heterocycles. The molecular weight excluding hydrogens is 350 g/mol. The number of carbonyl (C=O) groups excluding carboxylic acids is 1. The standard InChI is InChI=1S/C18H33N5O2S/c1-8-19-16(20-10-9-15-22-13(2)14(3)26-15)21-11-12-23(7)17(24)25-18(4,5)6/h8-12H2,1-7H3,(H2,19,20,21). The van der Waals surface area contributed by atoms with E-state index in [0.717, 1.165) is 29.6 Å². The van der Waals surface area contributed by atoms with Crippen molar-refractivity contribution < 1.29 is 9.53 Å². The maximum atomic E-state index is 11.9. The van der Waals surface area contributed by atoms with Gasteiger partial charge in [-0.1, -0.05) is 0 Å². The number of aliphatic imine (C=N–C) groups is 1. The van der Waals surface area contributed by atoms with Gasteiger partial charge >= 0.3 is 6.09 Å². The minimum absolute atomic E-state index is 0.323. The highest BCUT2D eigenvalue weighted by Crippen LogP contribution is 2.16. The normalized spacial score (nSPS) is 12.0. The van der Waals surface area contributed by atoms with Crippen LogP contribution in [-0.2, 0) is 11.2 Å². The van der Waals surface area contributed by atoms with Crippen molar-refractivity contribution in [1.29, 1.82) is 0 Å². The summed E-state index contributed by atoms with van der Waals surface area (Å²) in [6, 6.07) is 0. The average Bonchev–Trinajstić information content (AvgIpc) is 2.83. The van der Waals surface area contributed by atoms with E-state index in [4.69, 9.17) is 4.74 Å². The quantitative estimate of drug-likeness (QED) is 0.559. The summed E-state index contributed by atoms with van der Waals surface area (Å²) in [4.78, 5) is 23.9. The number of aryl methyl sites for hydroxylation is 2. The minimum atomic E-state index is -0.484. The molecular formula is C18H33N5O2S. The average molecular weight is 384 g/mol. The highest BCUT2D eigenvalue weighted by Gasteiger charge is 2.19. The predicted molar refractivity (Wildman–Crippen MR) is 108 cm³/mol. The summed E-state index contributed by atoms with van der Waals surface area (Å²) < 4.78 is 5.34. The van der Waals surface area contributed by atoms with Gasteiger partial charge in [0, 0.05) is 44.5 Å². The zero-order valence-electron chi connectivity index (χ0n) is 17.1. The molecule has 0 radical (unpaired) electrons. The van der Waals surface area contributed by atoms with Gasteiger partial charge in [0.1, 0.15) is 5.60 Å². The molecule has 0 aliphatic heterocycles. The number of hydrogen-bond donors (Lipinski definition) is 2. The van der Waals surface area contributed by atoms with Gasteiger partial charge in [-0.05, 0) is 41.5 Å². The minimum Gasteiger partial charge on any atom is -0.444 e.